The van der Waals surface area contributed by atoms with Crippen molar-refractivity contribution in [3.63, 3.8) is 0 Å². The predicted molar refractivity (Wildman–Crippen MR) is 90.0 cm³/mol. The SMILES string of the molecule is C=CCN1CCC[C@]12CCCN(C(=O)Nc1ccccc1)C2. The number of nitrogens with one attached hydrogen (secondary N) is 1. The van der Waals surface area contributed by atoms with Gasteiger partial charge in [0, 0.05) is 30.9 Å². The molecular formula is C18H25N3O. The Morgan fingerprint density at radius 1 is 1.23 bits per heavy atom. The van der Waals surface area contributed by atoms with E-state index in [1.165, 1.54) is 19.3 Å². The number of urea groups is 1. The molecular weight excluding hydrogens is 274 g/mol. The van der Waals surface area contributed by atoms with E-state index in [0.29, 0.717) is 0 Å². The Morgan fingerprint density at radius 2 is 1.95 bits per heavy atom. The van der Waals surface area contributed by atoms with E-state index in [9.17, 15) is 4.79 Å². The Morgan fingerprint density at radius 3 is 2.68 bits per heavy atom. The summed E-state index contributed by atoms with van der Waals surface area (Å²) in [6.45, 7) is 7.61. The molecule has 22 heavy (non-hydrogen) atoms. The van der Waals surface area contributed by atoms with Gasteiger partial charge in [0.05, 0.1) is 0 Å². The number of carbonyl (C=O) groups excluding carboxylic acids is 1. The van der Waals surface area contributed by atoms with Gasteiger partial charge in [-0.1, -0.05) is 24.3 Å². The van der Waals surface area contributed by atoms with Crippen molar-refractivity contribution in [1.82, 2.24) is 9.80 Å². The summed E-state index contributed by atoms with van der Waals surface area (Å²) in [6.07, 6.45) is 6.67. The van der Waals surface area contributed by atoms with E-state index in [0.717, 1.165) is 38.3 Å². The summed E-state index contributed by atoms with van der Waals surface area (Å²) in [7, 11) is 0. The van der Waals surface area contributed by atoms with Crippen molar-refractivity contribution in [2.75, 3.05) is 31.5 Å². The summed E-state index contributed by atoms with van der Waals surface area (Å²) in [5.74, 6) is 0. The van der Waals surface area contributed by atoms with Gasteiger partial charge in [-0.3, -0.25) is 4.90 Å². The fourth-order valence-electron chi connectivity index (χ4n) is 3.91. The molecule has 1 aromatic carbocycles. The standard InChI is InChI=1S/C18H25N3O/c1-2-12-21-14-7-11-18(21)10-6-13-20(15-18)17(22)19-16-8-4-3-5-9-16/h2-5,8-9H,1,6-7,10-15H2,(H,19,22)/t18-/m0/s1. The molecule has 0 saturated carbocycles. The van der Waals surface area contributed by atoms with Crippen LogP contribution < -0.4 is 5.32 Å². The molecule has 0 unspecified atom stereocenters. The molecule has 1 atom stereocenters. The second-order valence-electron chi connectivity index (χ2n) is 6.38. The summed E-state index contributed by atoms with van der Waals surface area (Å²) in [5.41, 5.74) is 1.03. The van der Waals surface area contributed by atoms with E-state index < -0.39 is 0 Å². The van der Waals surface area contributed by atoms with Crippen LogP contribution in [0.5, 0.6) is 0 Å². The van der Waals surface area contributed by atoms with Gasteiger partial charge in [-0.15, -0.1) is 6.58 Å². The molecule has 2 aliphatic rings. The highest BCUT2D eigenvalue weighted by Gasteiger charge is 2.44. The largest absolute Gasteiger partial charge is 0.323 e. The first-order chi connectivity index (χ1) is 10.7. The zero-order valence-electron chi connectivity index (χ0n) is 13.1. The van der Waals surface area contributed by atoms with Crippen molar-refractivity contribution in [2.24, 2.45) is 0 Å². The zero-order valence-corrected chi connectivity index (χ0v) is 13.1. The lowest BCUT2D eigenvalue weighted by molar-refractivity contribution is 0.0670. The summed E-state index contributed by atoms with van der Waals surface area (Å²) in [6, 6.07) is 9.72. The number of amides is 2. The number of hydrogen-bond acceptors (Lipinski definition) is 2. The fourth-order valence-corrected chi connectivity index (χ4v) is 3.91. The molecule has 2 fully saturated rings. The van der Waals surface area contributed by atoms with Gasteiger partial charge in [-0.05, 0) is 44.4 Å². The van der Waals surface area contributed by atoms with Crippen molar-refractivity contribution in [3.05, 3.63) is 43.0 Å². The number of anilines is 1. The molecule has 118 valence electrons. The van der Waals surface area contributed by atoms with Crippen molar-refractivity contribution >= 4 is 11.7 Å². The maximum Gasteiger partial charge on any atom is 0.321 e. The highest BCUT2D eigenvalue weighted by Crippen LogP contribution is 2.37. The molecule has 4 heteroatoms. The maximum absolute atomic E-state index is 12.5. The normalized spacial score (nSPS) is 25.4. The minimum absolute atomic E-state index is 0.0238. The predicted octanol–water partition coefficient (Wildman–Crippen LogP) is 3.33. The minimum Gasteiger partial charge on any atom is -0.323 e. The monoisotopic (exact) mass is 299 g/mol. The molecule has 2 heterocycles. The molecule has 1 N–H and O–H groups in total. The quantitative estimate of drug-likeness (QED) is 0.869. The second-order valence-corrected chi connectivity index (χ2v) is 6.38. The van der Waals surface area contributed by atoms with Gasteiger partial charge in [0.15, 0.2) is 0 Å². The van der Waals surface area contributed by atoms with Crippen molar-refractivity contribution in [1.29, 1.82) is 0 Å². The third-order valence-electron chi connectivity index (χ3n) is 4.96. The number of para-hydroxylation sites is 1. The lowest BCUT2D eigenvalue weighted by Gasteiger charge is -2.45. The Hall–Kier alpha value is -1.81. The average molecular weight is 299 g/mol. The third kappa shape index (κ3) is 3.02. The number of carbonyl (C=O) groups is 1. The van der Waals surface area contributed by atoms with Gasteiger partial charge in [-0.25, -0.2) is 4.79 Å². The van der Waals surface area contributed by atoms with Crippen LogP contribution in [0, 0.1) is 0 Å². The smallest absolute Gasteiger partial charge is 0.321 e. The average Bonchev–Trinajstić information content (AvgIpc) is 2.91. The topological polar surface area (TPSA) is 35.6 Å². The highest BCUT2D eigenvalue weighted by molar-refractivity contribution is 5.89. The lowest BCUT2D eigenvalue weighted by atomic mass is 9.86. The van der Waals surface area contributed by atoms with E-state index in [1.54, 1.807) is 0 Å². The van der Waals surface area contributed by atoms with Crippen LogP contribution in [0.1, 0.15) is 25.7 Å². The summed E-state index contributed by atoms with van der Waals surface area (Å²) >= 11 is 0. The Labute approximate surface area is 132 Å². The van der Waals surface area contributed by atoms with E-state index in [-0.39, 0.29) is 11.6 Å². The molecule has 0 radical (unpaired) electrons. The van der Waals surface area contributed by atoms with E-state index in [4.69, 9.17) is 0 Å². The maximum atomic E-state index is 12.5. The molecule has 1 aromatic rings. The van der Waals surface area contributed by atoms with Crippen LogP contribution >= 0.6 is 0 Å². The van der Waals surface area contributed by atoms with Gasteiger partial charge >= 0.3 is 6.03 Å². The van der Waals surface area contributed by atoms with Crippen LogP contribution in [0.2, 0.25) is 0 Å². The molecule has 2 saturated heterocycles. The number of rotatable bonds is 3. The zero-order chi connectivity index (χ0) is 15.4. The fraction of sp³-hybridized carbons (Fsp3) is 0.500. The van der Waals surface area contributed by atoms with Gasteiger partial charge in [-0.2, -0.15) is 0 Å². The number of hydrogen-bond donors (Lipinski definition) is 1. The molecule has 1 spiro atoms. The van der Waals surface area contributed by atoms with Gasteiger partial charge in [0.2, 0.25) is 0 Å². The Kier molecular flexibility index (Phi) is 4.48. The van der Waals surface area contributed by atoms with Crippen molar-refractivity contribution in [2.45, 2.75) is 31.2 Å². The van der Waals surface area contributed by atoms with Gasteiger partial charge in [0.25, 0.3) is 0 Å². The molecule has 3 rings (SSSR count). The number of piperidine rings is 1. The highest BCUT2D eigenvalue weighted by atomic mass is 16.2. The summed E-state index contributed by atoms with van der Waals surface area (Å²) < 4.78 is 0. The number of benzene rings is 1. The molecule has 0 aliphatic carbocycles. The van der Waals surface area contributed by atoms with Gasteiger partial charge < -0.3 is 10.2 Å². The third-order valence-corrected chi connectivity index (χ3v) is 4.96. The minimum atomic E-state index is 0.0238. The molecule has 2 aliphatic heterocycles. The first-order valence-corrected chi connectivity index (χ1v) is 8.20. The van der Waals surface area contributed by atoms with Crippen molar-refractivity contribution < 1.29 is 4.79 Å². The second kappa shape index (κ2) is 6.53. The van der Waals surface area contributed by atoms with Crippen LogP contribution in [-0.2, 0) is 0 Å². The number of likely N-dealkylation sites (tertiary alicyclic amines) is 2. The van der Waals surface area contributed by atoms with Crippen LogP contribution in [0.3, 0.4) is 0 Å². The van der Waals surface area contributed by atoms with Crippen molar-refractivity contribution in [3.8, 4) is 0 Å². The first-order valence-electron chi connectivity index (χ1n) is 8.20. The van der Waals surface area contributed by atoms with Crippen LogP contribution in [0.15, 0.2) is 43.0 Å². The van der Waals surface area contributed by atoms with Crippen LogP contribution in [0.25, 0.3) is 0 Å². The van der Waals surface area contributed by atoms with Crippen LogP contribution in [-0.4, -0.2) is 47.5 Å². The Balaban J connectivity index is 1.67. The molecule has 0 bridgehead atoms. The van der Waals surface area contributed by atoms with Crippen LogP contribution in [0.4, 0.5) is 10.5 Å². The van der Waals surface area contributed by atoms with E-state index in [2.05, 4.69) is 16.8 Å². The van der Waals surface area contributed by atoms with E-state index >= 15 is 0 Å². The molecule has 0 aromatic heterocycles. The first kappa shape index (κ1) is 15.1. The molecule has 4 nitrogen and oxygen atoms in total. The number of nitrogens with zero attached hydrogens (tertiary/aromatic N) is 2. The summed E-state index contributed by atoms with van der Waals surface area (Å²) in [5, 5.41) is 3.01. The van der Waals surface area contributed by atoms with E-state index in [1.807, 2.05) is 41.3 Å². The lowest BCUT2D eigenvalue weighted by Crippen LogP contribution is -2.57. The van der Waals surface area contributed by atoms with Gasteiger partial charge in [0.1, 0.15) is 0 Å². The molecule has 2 amide bonds. The summed E-state index contributed by atoms with van der Waals surface area (Å²) in [4.78, 5) is 17.0. The Bertz CT molecular complexity index is 530.